The van der Waals surface area contributed by atoms with Crippen molar-refractivity contribution in [3.8, 4) is 12.1 Å². The first-order chi connectivity index (χ1) is 6.35. The van der Waals surface area contributed by atoms with Gasteiger partial charge in [-0.2, -0.15) is 10.5 Å². The molecular weight excluding hydrogens is 160 g/mol. The van der Waals surface area contributed by atoms with Gasteiger partial charge >= 0.3 is 0 Å². The molecule has 2 saturated carbocycles. The minimum Gasteiger partial charge on any atom is -0.198 e. The number of hydrogen-bond donors (Lipinski definition) is 0. The average molecular weight is 172 g/mol. The zero-order valence-electron chi connectivity index (χ0n) is 7.58. The van der Waals surface area contributed by atoms with Gasteiger partial charge in [0, 0.05) is 5.57 Å². The summed E-state index contributed by atoms with van der Waals surface area (Å²) in [7, 11) is 0. The van der Waals surface area contributed by atoms with Gasteiger partial charge in [-0.25, -0.2) is 0 Å². The lowest BCUT2D eigenvalue weighted by atomic mass is 9.90. The van der Waals surface area contributed by atoms with E-state index in [1.54, 1.807) is 0 Å². The van der Waals surface area contributed by atoms with Gasteiger partial charge < -0.3 is 0 Å². The van der Waals surface area contributed by atoms with E-state index in [1.165, 1.54) is 24.8 Å². The van der Waals surface area contributed by atoms with E-state index in [0.717, 1.165) is 17.9 Å². The highest BCUT2D eigenvalue weighted by Gasteiger charge is 2.36. The Morgan fingerprint density at radius 2 is 2.23 bits per heavy atom. The molecule has 2 bridgehead atoms. The summed E-state index contributed by atoms with van der Waals surface area (Å²) in [5, 5.41) is 17.4. The van der Waals surface area contributed by atoms with E-state index < -0.39 is 0 Å². The molecule has 0 heterocycles. The summed E-state index contributed by atoms with van der Waals surface area (Å²) in [4.78, 5) is 0. The molecule has 2 fully saturated rings. The standard InChI is InChI=1S/C11H12N2/c12-4-3-10(7-13)11-6-8-1-2-9(11)5-8/h8-9H,1-3,5-6H2/b11-10-. The van der Waals surface area contributed by atoms with Crippen LogP contribution in [0.5, 0.6) is 0 Å². The van der Waals surface area contributed by atoms with Crippen LogP contribution in [0.25, 0.3) is 0 Å². The molecule has 0 aromatic rings. The van der Waals surface area contributed by atoms with Crippen LogP contribution in [0.3, 0.4) is 0 Å². The highest BCUT2D eigenvalue weighted by atomic mass is 14.4. The molecule has 0 N–H and O–H groups in total. The maximum Gasteiger partial charge on any atom is 0.0957 e. The van der Waals surface area contributed by atoms with Gasteiger partial charge in [-0.3, -0.25) is 0 Å². The molecule has 0 amide bonds. The maximum absolute atomic E-state index is 8.89. The number of rotatable bonds is 1. The summed E-state index contributed by atoms with van der Waals surface area (Å²) in [6.45, 7) is 0. The van der Waals surface area contributed by atoms with E-state index in [0.29, 0.717) is 12.3 Å². The molecule has 2 heteroatoms. The summed E-state index contributed by atoms with van der Waals surface area (Å²) >= 11 is 0. The molecule has 0 aliphatic heterocycles. The van der Waals surface area contributed by atoms with Crippen LogP contribution in [0.4, 0.5) is 0 Å². The molecule has 66 valence electrons. The fourth-order valence-electron chi connectivity index (χ4n) is 2.73. The van der Waals surface area contributed by atoms with Gasteiger partial charge in [-0.05, 0) is 37.5 Å². The minimum absolute atomic E-state index is 0.315. The Balaban J connectivity index is 2.24. The lowest BCUT2D eigenvalue weighted by Gasteiger charge is -2.14. The topological polar surface area (TPSA) is 47.6 Å². The van der Waals surface area contributed by atoms with Crippen molar-refractivity contribution in [1.82, 2.24) is 0 Å². The van der Waals surface area contributed by atoms with Gasteiger partial charge in [0.15, 0.2) is 0 Å². The number of nitrogens with zero attached hydrogens (tertiary/aromatic N) is 2. The highest BCUT2D eigenvalue weighted by Crippen LogP contribution is 2.49. The van der Waals surface area contributed by atoms with Crippen molar-refractivity contribution in [2.45, 2.75) is 32.1 Å². The first kappa shape index (κ1) is 8.32. The quantitative estimate of drug-likeness (QED) is 0.570. The lowest BCUT2D eigenvalue weighted by Crippen LogP contribution is -2.01. The zero-order valence-corrected chi connectivity index (χ0v) is 7.58. The Hall–Kier alpha value is -1.28. The molecule has 2 aliphatic rings. The van der Waals surface area contributed by atoms with E-state index in [2.05, 4.69) is 12.1 Å². The SMILES string of the molecule is N#CC/C(C#N)=C1\CC2CCC1C2. The van der Waals surface area contributed by atoms with Crippen LogP contribution in [0, 0.1) is 34.5 Å². The summed E-state index contributed by atoms with van der Waals surface area (Å²) in [5.41, 5.74) is 2.06. The largest absolute Gasteiger partial charge is 0.198 e. The Morgan fingerprint density at radius 3 is 2.69 bits per heavy atom. The van der Waals surface area contributed by atoms with E-state index in [9.17, 15) is 0 Å². The van der Waals surface area contributed by atoms with Gasteiger partial charge in [0.1, 0.15) is 0 Å². The van der Waals surface area contributed by atoms with Gasteiger partial charge in [-0.15, -0.1) is 0 Å². The molecule has 2 unspecified atom stereocenters. The molecule has 0 radical (unpaired) electrons. The fourth-order valence-corrected chi connectivity index (χ4v) is 2.73. The minimum atomic E-state index is 0.315. The smallest absolute Gasteiger partial charge is 0.0957 e. The molecule has 0 aromatic heterocycles. The molecule has 0 aromatic carbocycles. The van der Waals surface area contributed by atoms with Crippen LogP contribution in [0.1, 0.15) is 32.1 Å². The predicted molar refractivity (Wildman–Crippen MR) is 48.3 cm³/mol. The van der Waals surface area contributed by atoms with Crippen molar-refractivity contribution >= 4 is 0 Å². The van der Waals surface area contributed by atoms with Crippen molar-refractivity contribution in [3.05, 3.63) is 11.1 Å². The third kappa shape index (κ3) is 1.33. The van der Waals surface area contributed by atoms with Gasteiger partial charge in [0.2, 0.25) is 0 Å². The molecule has 2 nitrogen and oxygen atoms in total. The number of nitriles is 2. The second kappa shape index (κ2) is 3.23. The molecule has 13 heavy (non-hydrogen) atoms. The third-order valence-corrected chi connectivity index (χ3v) is 3.32. The highest BCUT2D eigenvalue weighted by molar-refractivity contribution is 5.35. The van der Waals surface area contributed by atoms with Crippen molar-refractivity contribution < 1.29 is 0 Å². The normalized spacial score (nSPS) is 34.0. The summed E-state index contributed by atoms with van der Waals surface area (Å²) in [6, 6.07) is 4.26. The Bertz CT molecular complexity index is 327. The first-order valence-corrected chi connectivity index (χ1v) is 4.84. The van der Waals surface area contributed by atoms with E-state index in [4.69, 9.17) is 10.5 Å². The fraction of sp³-hybridized carbons (Fsp3) is 0.636. The van der Waals surface area contributed by atoms with Crippen LogP contribution in [0.2, 0.25) is 0 Å². The van der Waals surface area contributed by atoms with Crippen molar-refractivity contribution in [2.75, 3.05) is 0 Å². The Morgan fingerprint density at radius 1 is 1.38 bits per heavy atom. The van der Waals surface area contributed by atoms with Crippen LogP contribution in [0.15, 0.2) is 11.1 Å². The molecule has 2 aliphatic carbocycles. The Labute approximate surface area is 78.5 Å². The first-order valence-electron chi connectivity index (χ1n) is 4.84. The third-order valence-electron chi connectivity index (χ3n) is 3.32. The summed E-state index contributed by atoms with van der Waals surface area (Å²) in [6.07, 6.45) is 5.26. The Kier molecular flexibility index (Phi) is 2.07. The maximum atomic E-state index is 8.89. The summed E-state index contributed by atoms with van der Waals surface area (Å²) < 4.78 is 0. The van der Waals surface area contributed by atoms with Crippen LogP contribution in [-0.4, -0.2) is 0 Å². The number of hydrogen-bond acceptors (Lipinski definition) is 2. The van der Waals surface area contributed by atoms with Crippen LogP contribution < -0.4 is 0 Å². The van der Waals surface area contributed by atoms with E-state index in [-0.39, 0.29) is 0 Å². The molecule has 2 atom stereocenters. The van der Waals surface area contributed by atoms with Crippen molar-refractivity contribution in [1.29, 1.82) is 10.5 Å². The molecule has 2 rings (SSSR count). The van der Waals surface area contributed by atoms with Crippen molar-refractivity contribution in [3.63, 3.8) is 0 Å². The van der Waals surface area contributed by atoms with E-state index in [1.807, 2.05) is 0 Å². The predicted octanol–water partition coefficient (Wildman–Crippen LogP) is 2.54. The average Bonchev–Trinajstić information content (AvgIpc) is 2.74. The monoisotopic (exact) mass is 172 g/mol. The summed E-state index contributed by atoms with van der Waals surface area (Å²) in [5.74, 6) is 1.47. The van der Waals surface area contributed by atoms with Crippen LogP contribution >= 0.6 is 0 Å². The molecule has 0 spiro atoms. The van der Waals surface area contributed by atoms with Gasteiger partial charge in [-0.1, -0.05) is 5.57 Å². The van der Waals surface area contributed by atoms with Crippen molar-refractivity contribution in [2.24, 2.45) is 11.8 Å². The molecule has 0 saturated heterocycles. The second-order valence-electron chi connectivity index (χ2n) is 4.03. The zero-order chi connectivity index (χ0) is 9.26. The van der Waals surface area contributed by atoms with Gasteiger partial charge in [0.25, 0.3) is 0 Å². The van der Waals surface area contributed by atoms with Gasteiger partial charge in [0.05, 0.1) is 18.6 Å². The molecular formula is C11H12N2. The van der Waals surface area contributed by atoms with E-state index >= 15 is 0 Å². The second-order valence-corrected chi connectivity index (χ2v) is 4.03. The lowest BCUT2D eigenvalue weighted by molar-refractivity contribution is 0.558. The number of allylic oxidation sites excluding steroid dienone is 2. The number of fused-ring (bicyclic) bond motifs is 2. The van der Waals surface area contributed by atoms with Crippen LogP contribution in [-0.2, 0) is 0 Å².